The van der Waals surface area contributed by atoms with Crippen LogP contribution in [0.3, 0.4) is 0 Å². The number of aryl methyl sites for hydroxylation is 1. The number of amides is 1. The number of para-hydroxylation sites is 1. The highest BCUT2D eigenvalue weighted by Gasteiger charge is 2.70. The number of ketones is 2. The normalized spacial score (nSPS) is 23.7. The van der Waals surface area contributed by atoms with E-state index in [1.54, 1.807) is 12.1 Å². The maximum atomic E-state index is 14.8. The van der Waals surface area contributed by atoms with E-state index in [0.29, 0.717) is 21.2 Å². The van der Waals surface area contributed by atoms with Gasteiger partial charge in [0, 0.05) is 22.0 Å². The van der Waals surface area contributed by atoms with Crippen molar-refractivity contribution in [3.63, 3.8) is 0 Å². The summed E-state index contributed by atoms with van der Waals surface area (Å²) < 4.78 is 0. The van der Waals surface area contributed by atoms with Gasteiger partial charge in [0.05, 0.1) is 16.8 Å². The van der Waals surface area contributed by atoms with Crippen LogP contribution in [0.4, 0.5) is 11.4 Å². The summed E-state index contributed by atoms with van der Waals surface area (Å²) in [6.07, 6.45) is 5.83. The number of halogens is 1. The monoisotopic (exact) mass is 578 g/mol. The van der Waals surface area contributed by atoms with Gasteiger partial charge >= 0.3 is 0 Å². The molecule has 3 aliphatic heterocycles. The molecule has 3 aromatic carbocycles. The van der Waals surface area contributed by atoms with Gasteiger partial charge in [-0.15, -0.1) is 11.3 Å². The minimum absolute atomic E-state index is 0.170. The molecule has 1 aromatic heterocycles. The molecule has 4 heterocycles. The minimum atomic E-state index is -1.32. The van der Waals surface area contributed by atoms with Crippen LogP contribution < -0.4 is 10.2 Å². The summed E-state index contributed by atoms with van der Waals surface area (Å²) in [5, 5.41) is 5.51. The molecule has 0 aliphatic carbocycles. The largest absolute Gasteiger partial charge is 0.352 e. The number of anilines is 2. The summed E-state index contributed by atoms with van der Waals surface area (Å²) in [4.78, 5) is 46.3. The maximum Gasteiger partial charge on any atom is 0.238 e. The third-order valence-electron chi connectivity index (χ3n) is 8.69. The second kappa shape index (κ2) is 9.82. The highest BCUT2D eigenvalue weighted by Crippen LogP contribution is 2.58. The second-order valence-corrected chi connectivity index (χ2v) is 12.2. The van der Waals surface area contributed by atoms with E-state index < -0.39 is 23.4 Å². The molecule has 3 aliphatic rings. The van der Waals surface area contributed by atoms with Crippen LogP contribution in [0.2, 0.25) is 5.02 Å². The van der Waals surface area contributed by atoms with Gasteiger partial charge in [-0.1, -0.05) is 85.6 Å². The lowest BCUT2D eigenvalue weighted by atomic mass is 9.64. The summed E-state index contributed by atoms with van der Waals surface area (Å²) in [5.41, 5.74) is 3.36. The highest BCUT2D eigenvalue weighted by molar-refractivity contribution is 7.12. The summed E-state index contributed by atoms with van der Waals surface area (Å²) in [6, 6.07) is 22.9. The zero-order chi connectivity index (χ0) is 28.3. The van der Waals surface area contributed by atoms with Crippen LogP contribution in [0.5, 0.6) is 0 Å². The molecule has 5 nitrogen and oxygen atoms in total. The standard InChI is InChI=1S/C34H27ClN2O3S/c1-2-6-20-10-12-21(13-11-20)31(38)29-30(32(39)27-9-5-18-41-27)37-26-16-15-23(35)19-22(26)14-17-28(37)34(29)24-7-3-4-8-25(24)36-33(34)40/h3-5,7-19,28-30H,2,6H2,1H3,(H,36,40)/t28-,29-,30+,34-/m0/s1. The number of hydrogen-bond donors (Lipinski definition) is 1. The molecule has 1 spiro atoms. The number of carbonyl (C=O) groups is 3. The fraction of sp³-hybridized carbons (Fsp3) is 0.206. The van der Waals surface area contributed by atoms with Gasteiger partial charge in [-0.05, 0) is 58.8 Å². The third kappa shape index (κ3) is 3.77. The Morgan fingerprint density at radius 1 is 1.00 bits per heavy atom. The fourth-order valence-electron chi connectivity index (χ4n) is 7.02. The molecule has 204 valence electrons. The Morgan fingerprint density at radius 3 is 2.56 bits per heavy atom. The smallest absolute Gasteiger partial charge is 0.238 e. The minimum Gasteiger partial charge on any atom is -0.352 e. The zero-order valence-electron chi connectivity index (χ0n) is 22.3. The molecule has 1 amide bonds. The van der Waals surface area contributed by atoms with Crippen LogP contribution in [0, 0.1) is 5.92 Å². The van der Waals surface area contributed by atoms with E-state index in [0.717, 1.165) is 35.2 Å². The lowest BCUT2D eigenvalue weighted by Gasteiger charge is -2.37. The molecule has 1 N–H and O–H groups in total. The first-order valence-electron chi connectivity index (χ1n) is 13.8. The number of rotatable bonds is 6. The van der Waals surface area contributed by atoms with E-state index in [2.05, 4.69) is 12.2 Å². The first-order chi connectivity index (χ1) is 19.9. The number of benzene rings is 3. The fourth-order valence-corrected chi connectivity index (χ4v) is 7.90. The molecular formula is C34H27ClN2O3S. The molecule has 1 fully saturated rings. The molecule has 0 bridgehead atoms. The Bertz CT molecular complexity index is 1730. The number of carbonyl (C=O) groups excluding carboxylic acids is 3. The van der Waals surface area contributed by atoms with Gasteiger partial charge in [-0.25, -0.2) is 0 Å². The molecule has 0 unspecified atom stereocenters. The molecule has 7 heteroatoms. The number of nitrogens with one attached hydrogen (secondary N) is 1. The Kier molecular flexibility index (Phi) is 6.21. The van der Waals surface area contributed by atoms with E-state index in [-0.39, 0.29) is 17.5 Å². The van der Waals surface area contributed by atoms with Crippen molar-refractivity contribution >= 4 is 57.9 Å². The Labute approximate surface area is 247 Å². The topological polar surface area (TPSA) is 66.5 Å². The van der Waals surface area contributed by atoms with Crippen LogP contribution in [0.25, 0.3) is 6.08 Å². The predicted molar refractivity (Wildman–Crippen MR) is 164 cm³/mol. The molecule has 0 radical (unpaired) electrons. The van der Waals surface area contributed by atoms with Crippen molar-refractivity contribution in [2.24, 2.45) is 5.92 Å². The van der Waals surface area contributed by atoms with Crippen molar-refractivity contribution in [3.05, 3.63) is 122 Å². The van der Waals surface area contributed by atoms with Gasteiger partial charge in [0.25, 0.3) is 0 Å². The van der Waals surface area contributed by atoms with Crippen LogP contribution in [0.15, 0.2) is 90.3 Å². The lowest BCUT2D eigenvalue weighted by molar-refractivity contribution is -0.121. The third-order valence-corrected chi connectivity index (χ3v) is 9.81. The predicted octanol–water partition coefficient (Wildman–Crippen LogP) is 7.21. The van der Waals surface area contributed by atoms with Crippen molar-refractivity contribution < 1.29 is 14.4 Å². The summed E-state index contributed by atoms with van der Waals surface area (Å²) >= 11 is 7.72. The van der Waals surface area contributed by atoms with E-state index in [4.69, 9.17) is 11.6 Å². The van der Waals surface area contributed by atoms with Crippen molar-refractivity contribution in [1.82, 2.24) is 0 Å². The van der Waals surface area contributed by atoms with Crippen LogP contribution in [-0.4, -0.2) is 29.6 Å². The average molecular weight is 579 g/mol. The number of thiophene rings is 1. The van der Waals surface area contributed by atoms with Crippen molar-refractivity contribution in [1.29, 1.82) is 0 Å². The molecule has 4 aromatic rings. The van der Waals surface area contributed by atoms with Gasteiger partial charge in [-0.2, -0.15) is 0 Å². The number of Topliss-reactive ketones (excluding diaryl/α,β-unsaturated/α-hetero) is 2. The van der Waals surface area contributed by atoms with E-state index in [9.17, 15) is 14.4 Å². The molecular weight excluding hydrogens is 552 g/mol. The zero-order valence-corrected chi connectivity index (χ0v) is 23.9. The number of fused-ring (bicyclic) bond motifs is 6. The van der Waals surface area contributed by atoms with Gasteiger partial charge in [0.15, 0.2) is 11.6 Å². The van der Waals surface area contributed by atoms with Crippen LogP contribution >= 0.6 is 22.9 Å². The highest BCUT2D eigenvalue weighted by atomic mass is 35.5. The Hall–Kier alpha value is -4.00. The molecule has 1 saturated heterocycles. The lowest BCUT2D eigenvalue weighted by Crippen LogP contribution is -2.51. The van der Waals surface area contributed by atoms with Crippen molar-refractivity contribution in [2.45, 2.75) is 37.3 Å². The molecule has 7 rings (SSSR count). The number of nitrogens with zero attached hydrogens (tertiary/aromatic N) is 1. The first-order valence-corrected chi connectivity index (χ1v) is 15.1. The Balaban J connectivity index is 1.50. The van der Waals surface area contributed by atoms with Crippen molar-refractivity contribution in [3.8, 4) is 0 Å². The first kappa shape index (κ1) is 25.9. The number of hydrogen-bond acceptors (Lipinski definition) is 5. The van der Waals surface area contributed by atoms with E-state index in [1.807, 2.05) is 89.2 Å². The molecule has 41 heavy (non-hydrogen) atoms. The molecule has 4 atom stereocenters. The van der Waals surface area contributed by atoms with Gasteiger partial charge < -0.3 is 10.2 Å². The van der Waals surface area contributed by atoms with Gasteiger partial charge in [0.1, 0.15) is 11.5 Å². The van der Waals surface area contributed by atoms with E-state index in [1.165, 1.54) is 11.3 Å². The van der Waals surface area contributed by atoms with Crippen LogP contribution in [-0.2, 0) is 16.6 Å². The van der Waals surface area contributed by atoms with E-state index >= 15 is 0 Å². The summed E-state index contributed by atoms with van der Waals surface area (Å²) in [7, 11) is 0. The maximum absolute atomic E-state index is 14.8. The quantitative estimate of drug-likeness (QED) is 0.246. The average Bonchev–Trinajstić information content (AvgIpc) is 3.70. The van der Waals surface area contributed by atoms with Crippen molar-refractivity contribution in [2.75, 3.05) is 10.2 Å². The van der Waals surface area contributed by atoms with Gasteiger partial charge in [0.2, 0.25) is 5.91 Å². The summed E-state index contributed by atoms with van der Waals surface area (Å²) in [6.45, 7) is 2.12. The second-order valence-electron chi connectivity index (χ2n) is 10.9. The summed E-state index contributed by atoms with van der Waals surface area (Å²) in [5.74, 6) is -1.63. The Morgan fingerprint density at radius 2 is 1.80 bits per heavy atom. The van der Waals surface area contributed by atoms with Gasteiger partial charge in [-0.3, -0.25) is 14.4 Å². The SMILES string of the molecule is CCCc1ccc(C(=O)[C@@H]2[C@H](C(=O)c3cccs3)N3c4ccc(Cl)cc4C=C[C@H]3[C@]23C(=O)Nc2ccccc23)cc1. The van der Waals surface area contributed by atoms with Crippen LogP contribution in [0.1, 0.15) is 50.1 Å². The molecule has 0 saturated carbocycles.